The van der Waals surface area contributed by atoms with Gasteiger partial charge in [-0.2, -0.15) is 0 Å². The second-order valence-electron chi connectivity index (χ2n) is 7.99. The molecule has 1 unspecified atom stereocenters. The third-order valence-corrected chi connectivity index (χ3v) is 4.46. The third kappa shape index (κ3) is 5.19. The molecule has 0 saturated heterocycles. The van der Waals surface area contributed by atoms with E-state index in [1.165, 1.54) is 11.3 Å². The standard InChI is InChI=1S/C18H31ClN2/c1-13(17(2,3)4)21(8)16-11-9-10-15(19)14(16)12-20-18(5,6)7/h9-11,13,20H,12H2,1-8H3. The summed E-state index contributed by atoms with van der Waals surface area (Å²) in [5.41, 5.74) is 2.67. The van der Waals surface area contributed by atoms with Crippen LogP contribution >= 0.6 is 11.6 Å². The fraction of sp³-hybridized carbons (Fsp3) is 0.667. The molecule has 0 fully saturated rings. The zero-order valence-electron chi connectivity index (χ0n) is 14.8. The van der Waals surface area contributed by atoms with Crippen LogP contribution in [0.5, 0.6) is 0 Å². The van der Waals surface area contributed by atoms with E-state index in [9.17, 15) is 0 Å². The molecular weight excluding hydrogens is 280 g/mol. The minimum absolute atomic E-state index is 0.0741. The fourth-order valence-electron chi connectivity index (χ4n) is 2.20. The molecule has 2 nitrogen and oxygen atoms in total. The van der Waals surface area contributed by atoms with Gasteiger partial charge in [0.1, 0.15) is 0 Å². The van der Waals surface area contributed by atoms with Gasteiger partial charge in [-0.25, -0.2) is 0 Å². The quantitative estimate of drug-likeness (QED) is 0.832. The Balaban J connectivity index is 3.10. The summed E-state index contributed by atoms with van der Waals surface area (Å²) in [6, 6.07) is 6.59. The Labute approximate surface area is 135 Å². The van der Waals surface area contributed by atoms with Crippen molar-refractivity contribution < 1.29 is 0 Å². The van der Waals surface area contributed by atoms with Gasteiger partial charge in [-0.1, -0.05) is 38.4 Å². The molecule has 1 atom stereocenters. The van der Waals surface area contributed by atoms with Crippen LogP contribution in [0.4, 0.5) is 5.69 Å². The lowest BCUT2D eigenvalue weighted by Gasteiger charge is -2.38. The maximum Gasteiger partial charge on any atom is 0.0471 e. The van der Waals surface area contributed by atoms with Gasteiger partial charge < -0.3 is 10.2 Å². The molecule has 0 heterocycles. The molecule has 0 spiro atoms. The van der Waals surface area contributed by atoms with Crippen LogP contribution in [-0.4, -0.2) is 18.6 Å². The van der Waals surface area contributed by atoms with Gasteiger partial charge in [-0.05, 0) is 45.2 Å². The molecule has 0 aromatic heterocycles. The number of rotatable bonds is 4. The fourth-order valence-corrected chi connectivity index (χ4v) is 2.43. The second kappa shape index (κ2) is 6.58. The highest BCUT2D eigenvalue weighted by Crippen LogP contribution is 2.32. The van der Waals surface area contributed by atoms with Crippen LogP contribution in [0.3, 0.4) is 0 Å². The number of hydrogen-bond donors (Lipinski definition) is 1. The third-order valence-electron chi connectivity index (χ3n) is 4.10. The van der Waals surface area contributed by atoms with Crippen LogP contribution in [0.15, 0.2) is 18.2 Å². The molecule has 1 aromatic carbocycles. The van der Waals surface area contributed by atoms with Gasteiger partial charge in [0.15, 0.2) is 0 Å². The first-order chi connectivity index (χ1) is 9.43. The normalized spacial score (nSPS) is 14.1. The van der Waals surface area contributed by atoms with Gasteiger partial charge in [0.2, 0.25) is 0 Å². The molecular formula is C18H31ClN2. The highest BCUT2D eigenvalue weighted by atomic mass is 35.5. The summed E-state index contributed by atoms with van der Waals surface area (Å²) in [7, 11) is 2.15. The van der Waals surface area contributed by atoms with Crippen molar-refractivity contribution in [3.05, 3.63) is 28.8 Å². The highest BCUT2D eigenvalue weighted by Gasteiger charge is 2.26. The van der Waals surface area contributed by atoms with Gasteiger partial charge >= 0.3 is 0 Å². The zero-order valence-corrected chi connectivity index (χ0v) is 15.6. The van der Waals surface area contributed by atoms with Crippen LogP contribution in [0, 0.1) is 5.41 Å². The monoisotopic (exact) mass is 310 g/mol. The number of benzene rings is 1. The van der Waals surface area contributed by atoms with E-state index in [0.717, 1.165) is 11.6 Å². The summed E-state index contributed by atoms with van der Waals surface area (Å²) in [6.45, 7) is 16.4. The second-order valence-corrected chi connectivity index (χ2v) is 8.40. The van der Waals surface area contributed by atoms with E-state index >= 15 is 0 Å². The number of nitrogens with one attached hydrogen (secondary N) is 1. The molecule has 1 rings (SSSR count). The lowest BCUT2D eigenvalue weighted by Crippen LogP contribution is -2.40. The van der Waals surface area contributed by atoms with Crippen LogP contribution in [0.2, 0.25) is 5.02 Å². The molecule has 0 bridgehead atoms. The van der Waals surface area contributed by atoms with Crippen molar-refractivity contribution in [1.29, 1.82) is 0 Å². The van der Waals surface area contributed by atoms with Crippen molar-refractivity contribution >= 4 is 17.3 Å². The number of hydrogen-bond acceptors (Lipinski definition) is 2. The van der Waals surface area contributed by atoms with Crippen molar-refractivity contribution in [2.45, 2.75) is 66.6 Å². The lowest BCUT2D eigenvalue weighted by molar-refractivity contribution is 0.329. The Hall–Kier alpha value is -0.730. The molecule has 1 N–H and O–H groups in total. The lowest BCUT2D eigenvalue weighted by atomic mass is 9.86. The molecule has 0 amide bonds. The van der Waals surface area contributed by atoms with Gasteiger partial charge in [-0.3, -0.25) is 0 Å². The number of halogens is 1. The summed E-state index contributed by atoms with van der Waals surface area (Å²) in [4.78, 5) is 2.34. The Morgan fingerprint density at radius 1 is 1.14 bits per heavy atom. The minimum Gasteiger partial charge on any atom is -0.371 e. The molecule has 3 heteroatoms. The van der Waals surface area contributed by atoms with E-state index in [1.807, 2.05) is 12.1 Å². The smallest absolute Gasteiger partial charge is 0.0471 e. The predicted molar refractivity (Wildman–Crippen MR) is 95.4 cm³/mol. The van der Waals surface area contributed by atoms with Crippen LogP contribution in [-0.2, 0) is 6.54 Å². The van der Waals surface area contributed by atoms with Crippen molar-refractivity contribution in [3.63, 3.8) is 0 Å². The number of nitrogens with zero attached hydrogens (tertiary/aromatic N) is 1. The number of anilines is 1. The zero-order chi connectivity index (χ0) is 16.4. The molecule has 0 radical (unpaired) electrons. The molecule has 0 aliphatic heterocycles. The Morgan fingerprint density at radius 3 is 2.19 bits per heavy atom. The van der Waals surface area contributed by atoms with Gasteiger partial charge in [0, 0.05) is 41.4 Å². The predicted octanol–water partition coefficient (Wildman–Crippen LogP) is 5.10. The summed E-state index contributed by atoms with van der Waals surface area (Å²) in [5.74, 6) is 0. The summed E-state index contributed by atoms with van der Waals surface area (Å²) >= 11 is 6.45. The summed E-state index contributed by atoms with van der Waals surface area (Å²) in [6.07, 6.45) is 0. The van der Waals surface area contributed by atoms with E-state index in [2.05, 4.69) is 71.8 Å². The molecule has 0 aliphatic carbocycles. The van der Waals surface area contributed by atoms with E-state index in [1.54, 1.807) is 0 Å². The van der Waals surface area contributed by atoms with Crippen LogP contribution in [0.1, 0.15) is 54.0 Å². The average molecular weight is 311 g/mol. The van der Waals surface area contributed by atoms with Gasteiger partial charge in [0.25, 0.3) is 0 Å². The van der Waals surface area contributed by atoms with Gasteiger partial charge in [0.05, 0.1) is 0 Å². The average Bonchev–Trinajstić information content (AvgIpc) is 2.33. The maximum atomic E-state index is 6.45. The first-order valence-corrected chi connectivity index (χ1v) is 8.06. The molecule has 21 heavy (non-hydrogen) atoms. The van der Waals surface area contributed by atoms with Crippen molar-refractivity contribution in [2.75, 3.05) is 11.9 Å². The van der Waals surface area contributed by atoms with Crippen molar-refractivity contribution in [3.8, 4) is 0 Å². The first-order valence-electron chi connectivity index (χ1n) is 7.69. The Kier molecular flexibility index (Phi) is 5.74. The van der Waals surface area contributed by atoms with Crippen molar-refractivity contribution in [2.24, 2.45) is 5.41 Å². The van der Waals surface area contributed by atoms with Crippen LogP contribution in [0.25, 0.3) is 0 Å². The van der Waals surface area contributed by atoms with E-state index < -0.39 is 0 Å². The molecule has 120 valence electrons. The molecule has 1 aromatic rings. The van der Waals surface area contributed by atoms with Gasteiger partial charge in [-0.15, -0.1) is 0 Å². The Morgan fingerprint density at radius 2 is 1.71 bits per heavy atom. The van der Waals surface area contributed by atoms with Crippen molar-refractivity contribution in [1.82, 2.24) is 5.32 Å². The van der Waals surface area contributed by atoms with E-state index in [0.29, 0.717) is 6.04 Å². The summed E-state index contributed by atoms with van der Waals surface area (Å²) < 4.78 is 0. The Bertz CT molecular complexity index is 469. The van der Waals surface area contributed by atoms with E-state index in [-0.39, 0.29) is 11.0 Å². The van der Waals surface area contributed by atoms with E-state index in [4.69, 9.17) is 11.6 Å². The topological polar surface area (TPSA) is 15.3 Å². The molecule has 0 aliphatic rings. The summed E-state index contributed by atoms with van der Waals surface area (Å²) in [5, 5.41) is 4.37. The first kappa shape index (κ1) is 18.3. The highest BCUT2D eigenvalue weighted by molar-refractivity contribution is 6.31. The largest absolute Gasteiger partial charge is 0.371 e. The maximum absolute atomic E-state index is 6.45. The minimum atomic E-state index is 0.0741. The molecule has 0 saturated carbocycles. The van der Waals surface area contributed by atoms with Crippen LogP contribution < -0.4 is 10.2 Å². The SMILES string of the molecule is CC(N(C)c1cccc(Cl)c1CNC(C)(C)C)C(C)(C)C.